The fourth-order valence-electron chi connectivity index (χ4n) is 2.68. The van der Waals surface area contributed by atoms with E-state index in [0.717, 1.165) is 60.7 Å². The Morgan fingerprint density at radius 1 is 1.18 bits per heavy atom. The summed E-state index contributed by atoms with van der Waals surface area (Å²) in [6, 6.07) is 8.13. The van der Waals surface area contributed by atoms with Gasteiger partial charge in [-0.1, -0.05) is 42.0 Å². The number of hydrogen-bond acceptors (Lipinski definition) is 5. The summed E-state index contributed by atoms with van der Waals surface area (Å²) in [5.74, 6) is 0. The van der Waals surface area contributed by atoms with Crippen molar-refractivity contribution in [3.8, 4) is 0 Å². The minimum atomic E-state index is 0.813. The maximum atomic E-state index is 6.05. The van der Waals surface area contributed by atoms with E-state index in [1.165, 1.54) is 5.56 Å². The summed E-state index contributed by atoms with van der Waals surface area (Å²) in [4.78, 5) is 4.82. The van der Waals surface area contributed by atoms with Gasteiger partial charge in [0.2, 0.25) is 5.13 Å². The molecule has 0 radical (unpaired) electrons. The van der Waals surface area contributed by atoms with Crippen LogP contribution in [-0.2, 0) is 13.0 Å². The summed E-state index contributed by atoms with van der Waals surface area (Å²) in [7, 11) is 0. The second-order valence-corrected chi connectivity index (χ2v) is 7.10. The number of piperazine rings is 1. The summed E-state index contributed by atoms with van der Waals surface area (Å²) in [6.07, 6.45) is 2.16. The van der Waals surface area contributed by atoms with Crippen molar-refractivity contribution in [2.24, 2.45) is 0 Å². The maximum Gasteiger partial charge on any atom is 0.208 e. The molecule has 0 unspecified atom stereocenters. The predicted octanol–water partition coefficient (Wildman–Crippen LogP) is 3.47. The zero-order valence-corrected chi connectivity index (χ0v) is 14.4. The first kappa shape index (κ1) is 15.7. The molecule has 4 nitrogen and oxygen atoms in total. The van der Waals surface area contributed by atoms with Crippen molar-refractivity contribution in [2.75, 3.05) is 31.1 Å². The molecular formula is C16H21ClN4S. The van der Waals surface area contributed by atoms with Crippen LogP contribution in [0.1, 0.15) is 23.9 Å². The molecular weight excluding hydrogens is 316 g/mol. The number of aryl methyl sites for hydroxylation is 1. The largest absolute Gasteiger partial charge is 0.344 e. The summed E-state index contributed by atoms with van der Waals surface area (Å²) in [6.45, 7) is 7.27. The van der Waals surface area contributed by atoms with E-state index in [2.05, 4.69) is 39.1 Å². The number of halogens is 1. The van der Waals surface area contributed by atoms with Gasteiger partial charge in [0.15, 0.2) is 0 Å². The van der Waals surface area contributed by atoms with E-state index in [0.29, 0.717) is 0 Å². The van der Waals surface area contributed by atoms with Gasteiger partial charge < -0.3 is 4.90 Å². The Kier molecular flexibility index (Phi) is 5.28. The molecule has 1 aliphatic heterocycles. The smallest absolute Gasteiger partial charge is 0.208 e. The van der Waals surface area contributed by atoms with Crippen LogP contribution < -0.4 is 4.90 Å². The van der Waals surface area contributed by atoms with Gasteiger partial charge in [0, 0.05) is 44.2 Å². The van der Waals surface area contributed by atoms with Crippen molar-refractivity contribution in [1.82, 2.24) is 15.1 Å². The summed E-state index contributed by atoms with van der Waals surface area (Å²) >= 11 is 7.79. The third-order valence-corrected chi connectivity index (χ3v) is 5.14. The van der Waals surface area contributed by atoms with E-state index >= 15 is 0 Å². The first-order valence-corrected chi connectivity index (χ1v) is 8.98. The maximum absolute atomic E-state index is 6.05. The SMILES string of the molecule is CCCc1nnc(N2CCN(Cc3cccc(Cl)c3)CC2)s1. The molecule has 0 bridgehead atoms. The Bertz CT molecular complexity index is 608. The van der Waals surface area contributed by atoms with Crippen LogP contribution in [0.3, 0.4) is 0 Å². The highest BCUT2D eigenvalue weighted by Crippen LogP contribution is 2.23. The Morgan fingerprint density at radius 3 is 2.73 bits per heavy atom. The molecule has 6 heteroatoms. The third-order valence-electron chi connectivity index (χ3n) is 3.86. The van der Waals surface area contributed by atoms with Gasteiger partial charge in [0.05, 0.1) is 0 Å². The van der Waals surface area contributed by atoms with Crippen molar-refractivity contribution >= 4 is 28.1 Å². The van der Waals surface area contributed by atoms with Crippen LogP contribution in [0.2, 0.25) is 5.02 Å². The van der Waals surface area contributed by atoms with E-state index in [9.17, 15) is 0 Å². The lowest BCUT2D eigenvalue weighted by molar-refractivity contribution is 0.249. The molecule has 0 N–H and O–H groups in total. The zero-order chi connectivity index (χ0) is 15.4. The average molecular weight is 337 g/mol. The van der Waals surface area contributed by atoms with Gasteiger partial charge in [-0.3, -0.25) is 4.90 Å². The average Bonchev–Trinajstić information content (AvgIpc) is 2.97. The molecule has 0 aliphatic carbocycles. The van der Waals surface area contributed by atoms with Gasteiger partial charge in [0.25, 0.3) is 0 Å². The molecule has 0 atom stereocenters. The van der Waals surface area contributed by atoms with Crippen LogP contribution in [0, 0.1) is 0 Å². The van der Waals surface area contributed by atoms with Gasteiger partial charge in [0.1, 0.15) is 5.01 Å². The molecule has 1 aromatic heterocycles. The van der Waals surface area contributed by atoms with Gasteiger partial charge >= 0.3 is 0 Å². The first-order chi connectivity index (χ1) is 10.7. The Labute approximate surface area is 140 Å². The van der Waals surface area contributed by atoms with Crippen LogP contribution in [-0.4, -0.2) is 41.3 Å². The number of nitrogens with zero attached hydrogens (tertiary/aromatic N) is 4. The molecule has 0 amide bonds. The van der Waals surface area contributed by atoms with E-state index < -0.39 is 0 Å². The molecule has 1 saturated heterocycles. The summed E-state index contributed by atoms with van der Waals surface area (Å²) < 4.78 is 0. The Hall–Kier alpha value is -1.17. The second kappa shape index (κ2) is 7.40. The third kappa shape index (κ3) is 3.97. The lowest BCUT2D eigenvalue weighted by atomic mass is 10.2. The number of anilines is 1. The molecule has 1 fully saturated rings. The molecule has 1 aromatic carbocycles. The molecule has 22 heavy (non-hydrogen) atoms. The summed E-state index contributed by atoms with van der Waals surface area (Å²) in [5, 5.41) is 11.7. The van der Waals surface area contributed by atoms with Crippen molar-refractivity contribution in [1.29, 1.82) is 0 Å². The van der Waals surface area contributed by atoms with Crippen LogP contribution >= 0.6 is 22.9 Å². The minimum absolute atomic E-state index is 0.813. The number of hydrogen-bond donors (Lipinski definition) is 0. The first-order valence-electron chi connectivity index (χ1n) is 7.78. The monoisotopic (exact) mass is 336 g/mol. The predicted molar refractivity (Wildman–Crippen MR) is 92.8 cm³/mol. The van der Waals surface area contributed by atoms with Crippen LogP contribution in [0.25, 0.3) is 0 Å². The molecule has 0 spiro atoms. The highest BCUT2D eigenvalue weighted by molar-refractivity contribution is 7.15. The van der Waals surface area contributed by atoms with Crippen molar-refractivity contribution in [3.05, 3.63) is 39.9 Å². The molecule has 118 valence electrons. The topological polar surface area (TPSA) is 32.3 Å². The minimum Gasteiger partial charge on any atom is -0.344 e. The fraction of sp³-hybridized carbons (Fsp3) is 0.500. The van der Waals surface area contributed by atoms with Gasteiger partial charge in [-0.2, -0.15) is 0 Å². The standard InChI is InChI=1S/C16H21ClN4S/c1-2-4-15-18-19-16(22-15)21-9-7-20(8-10-21)12-13-5-3-6-14(17)11-13/h3,5-6,11H,2,4,7-10,12H2,1H3. The van der Waals surface area contributed by atoms with Gasteiger partial charge in [-0.05, 0) is 24.1 Å². The highest BCUT2D eigenvalue weighted by Gasteiger charge is 2.20. The highest BCUT2D eigenvalue weighted by atomic mass is 35.5. The van der Waals surface area contributed by atoms with E-state index in [1.54, 1.807) is 11.3 Å². The van der Waals surface area contributed by atoms with Crippen molar-refractivity contribution in [2.45, 2.75) is 26.3 Å². The lowest BCUT2D eigenvalue weighted by Crippen LogP contribution is -2.45. The second-order valence-electron chi connectivity index (χ2n) is 5.62. The van der Waals surface area contributed by atoms with E-state index in [1.807, 2.05) is 12.1 Å². The van der Waals surface area contributed by atoms with Crippen molar-refractivity contribution < 1.29 is 0 Å². The molecule has 2 aromatic rings. The van der Waals surface area contributed by atoms with Gasteiger partial charge in [-0.15, -0.1) is 10.2 Å². The van der Waals surface area contributed by atoms with Gasteiger partial charge in [-0.25, -0.2) is 0 Å². The normalized spacial score (nSPS) is 16.2. The van der Waals surface area contributed by atoms with Crippen LogP contribution in [0.15, 0.2) is 24.3 Å². The van der Waals surface area contributed by atoms with Crippen LogP contribution in [0.5, 0.6) is 0 Å². The summed E-state index contributed by atoms with van der Waals surface area (Å²) in [5.41, 5.74) is 1.28. The van der Waals surface area contributed by atoms with Crippen LogP contribution in [0.4, 0.5) is 5.13 Å². The number of rotatable bonds is 5. The molecule has 1 aliphatic rings. The molecule has 3 rings (SSSR count). The number of aromatic nitrogens is 2. The Morgan fingerprint density at radius 2 is 2.00 bits per heavy atom. The number of benzene rings is 1. The fourth-order valence-corrected chi connectivity index (χ4v) is 3.88. The lowest BCUT2D eigenvalue weighted by Gasteiger charge is -2.34. The zero-order valence-electron chi connectivity index (χ0n) is 12.8. The Balaban J connectivity index is 1.53. The molecule has 2 heterocycles. The van der Waals surface area contributed by atoms with E-state index in [4.69, 9.17) is 11.6 Å². The van der Waals surface area contributed by atoms with E-state index in [-0.39, 0.29) is 0 Å². The van der Waals surface area contributed by atoms with Crippen molar-refractivity contribution in [3.63, 3.8) is 0 Å². The quantitative estimate of drug-likeness (QED) is 0.837. The molecule has 0 saturated carbocycles.